The minimum absolute atomic E-state index is 0.0000687. The Labute approximate surface area is 197 Å². The zero-order valence-electron chi connectivity index (χ0n) is 18.2. The number of carbonyl (C=O) groups excluding carboxylic acids is 1. The van der Waals surface area contributed by atoms with Crippen LogP contribution in [0.2, 0.25) is 0 Å². The third kappa shape index (κ3) is 4.50. The molecule has 0 saturated carbocycles. The van der Waals surface area contributed by atoms with Crippen molar-refractivity contribution >= 4 is 29.2 Å². The van der Waals surface area contributed by atoms with Gasteiger partial charge in [0, 0.05) is 23.6 Å². The van der Waals surface area contributed by atoms with Crippen molar-refractivity contribution in [1.29, 1.82) is 0 Å². The molecule has 3 aromatic rings. The lowest BCUT2D eigenvalue weighted by molar-refractivity contribution is -0.384. The number of fused-ring (bicyclic) bond motifs is 1. The lowest BCUT2D eigenvalue weighted by atomic mass is 9.82. The Balaban J connectivity index is 1.70. The first-order chi connectivity index (χ1) is 16.3. The van der Waals surface area contributed by atoms with Crippen LogP contribution in [0.4, 0.5) is 11.5 Å². The van der Waals surface area contributed by atoms with Gasteiger partial charge in [0.2, 0.25) is 0 Å². The van der Waals surface area contributed by atoms with Crippen LogP contribution in [0.3, 0.4) is 0 Å². The highest BCUT2D eigenvalue weighted by Crippen LogP contribution is 2.40. The van der Waals surface area contributed by atoms with Crippen molar-refractivity contribution in [3.63, 3.8) is 0 Å². The summed E-state index contributed by atoms with van der Waals surface area (Å²) in [6.45, 7) is 1.69. The van der Waals surface area contributed by atoms with Crippen molar-refractivity contribution in [1.82, 2.24) is 9.97 Å². The third-order valence-electron chi connectivity index (χ3n) is 5.35. The summed E-state index contributed by atoms with van der Waals surface area (Å²) in [4.78, 5) is 43.4. The van der Waals surface area contributed by atoms with Crippen LogP contribution in [0.15, 0.2) is 69.8 Å². The standard InChI is InChI=1S/C23H20N4O6S/c1-12-17(22(30)33-2)18(14-4-3-5-16(28)10-14)19-20(24-12)25-23(26-21(19)29)34-11-13-6-8-15(9-7-13)27(31)32/h3-10,18,28H,11H2,1-2H3,(H2,24,25,26,29). The van der Waals surface area contributed by atoms with Crippen molar-refractivity contribution in [2.75, 3.05) is 12.4 Å². The Morgan fingerprint density at radius 3 is 2.65 bits per heavy atom. The van der Waals surface area contributed by atoms with E-state index < -0.39 is 22.4 Å². The number of anilines is 1. The van der Waals surface area contributed by atoms with Gasteiger partial charge in [0.25, 0.3) is 11.2 Å². The maximum absolute atomic E-state index is 13.2. The zero-order valence-corrected chi connectivity index (χ0v) is 19.0. The molecule has 10 nitrogen and oxygen atoms in total. The molecule has 11 heteroatoms. The first-order valence-corrected chi connectivity index (χ1v) is 11.1. The summed E-state index contributed by atoms with van der Waals surface area (Å²) in [5, 5.41) is 24.2. The summed E-state index contributed by atoms with van der Waals surface area (Å²) in [6.07, 6.45) is 0. The summed E-state index contributed by atoms with van der Waals surface area (Å²) in [5.41, 5.74) is 1.89. The molecule has 0 aliphatic carbocycles. The number of phenolic OH excluding ortho intramolecular Hbond substituents is 1. The lowest BCUT2D eigenvalue weighted by Crippen LogP contribution is -2.30. The Bertz CT molecular complexity index is 1370. The number of ether oxygens (including phenoxy) is 1. The number of nitro benzene ring substituents is 1. The van der Waals surface area contributed by atoms with Crippen LogP contribution >= 0.6 is 11.8 Å². The Kier molecular flexibility index (Phi) is 6.37. The van der Waals surface area contributed by atoms with Gasteiger partial charge >= 0.3 is 5.97 Å². The number of phenols is 1. The van der Waals surface area contributed by atoms with Crippen LogP contribution in [0.5, 0.6) is 5.75 Å². The van der Waals surface area contributed by atoms with E-state index in [1.165, 1.54) is 43.1 Å². The number of esters is 1. The van der Waals surface area contributed by atoms with Gasteiger partial charge in [0.05, 0.1) is 29.1 Å². The SMILES string of the molecule is COC(=O)C1=C(C)Nc2nc(SCc3ccc([N+](=O)[O-])cc3)[nH]c(=O)c2C1c1cccc(O)c1. The van der Waals surface area contributed by atoms with E-state index in [0.29, 0.717) is 28.0 Å². The molecule has 0 spiro atoms. The van der Waals surface area contributed by atoms with E-state index >= 15 is 0 Å². The minimum atomic E-state index is -0.791. The van der Waals surface area contributed by atoms with Gasteiger partial charge in [-0.1, -0.05) is 36.0 Å². The van der Waals surface area contributed by atoms with E-state index in [4.69, 9.17) is 4.74 Å². The average molecular weight is 481 g/mol. The van der Waals surface area contributed by atoms with Crippen molar-refractivity contribution in [2.24, 2.45) is 0 Å². The molecule has 2 aromatic carbocycles. The van der Waals surface area contributed by atoms with Crippen molar-refractivity contribution in [3.05, 3.63) is 97.0 Å². The molecule has 3 N–H and O–H groups in total. The van der Waals surface area contributed by atoms with Crippen LogP contribution in [0.25, 0.3) is 0 Å². The number of thioether (sulfide) groups is 1. The van der Waals surface area contributed by atoms with Gasteiger partial charge in [-0.3, -0.25) is 14.9 Å². The van der Waals surface area contributed by atoms with Gasteiger partial charge < -0.3 is 20.1 Å². The predicted molar refractivity (Wildman–Crippen MR) is 126 cm³/mol. The molecular formula is C23H20N4O6S. The van der Waals surface area contributed by atoms with E-state index in [-0.39, 0.29) is 22.6 Å². The number of nitrogens with zero attached hydrogens (tertiary/aromatic N) is 2. The number of nitro groups is 1. The zero-order chi connectivity index (χ0) is 24.4. The second-order valence-electron chi connectivity index (χ2n) is 7.53. The second-order valence-corrected chi connectivity index (χ2v) is 8.49. The number of aromatic nitrogens is 2. The number of methoxy groups -OCH3 is 1. The van der Waals surface area contributed by atoms with Gasteiger partial charge in [0.1, 0.15) is 11.6 Å². The van der Waals surface area contributed by atoms with Crippen LogP contribution in [-0.4, -0.2) is 33.1 Å². The molecule has 1 aromatic heterocycles. The van der Waals surface area contributed by atoms with E-state index in [0.717, 1.165) is 5.56 Å². The van der Waals surface area contributed by atoms with Gasteiger partial charge in [-0.15, -0.1) is 0 Å². The fraction of sp³-hybridized carbons (Fsp3) is 0.174. The number of H-pyrrole nitrogens is 1. The summed E-state index contributed by atoms with van der Waals surface area (Å²) in [6, 6.07) is 12.5. The van der Waals surface area contributed by atoms with E-state index in [1.54, 1.807) is 31.2 Å². The Morgan fingerprint density at radius 1 is 1.26 bits per heavy atom. The molecule has 34 heavy (non-hydrogen) atoms. The number of aromatic amines is 1. The van der Waals surface area contributed by atoms with Crippen LogP contribution in [0, 0.1) is 10.1 Å². The normalized spacial score (nSPS) is 14.8. The van der Waals surface area contributed by atoms with Gasteiger partial charge in [-0.2, -0.15) is 0 Å². The predicted octanol–water partition coefficient (Wildman–Crippen LogP) is 3.68. The molecule has 0 amide bonds. The number of benzene rings is 2. The molecule has 1 unspecified atom stereocenters. The fourth-order valence-electron chi connectivity index (χ4n) is 3.78. The maximum Gasteiger partial charge on any atom is 0.336 e. The molecule has 174 valence electrons. The molecule has 4 rings (SSSR count). The summed E-state index contributed by atoms with van der Waals surface area (Å²) >= 11 is 1.26. The Hall–Kier alpha value is -4.12. The topological polar surface area (TPSA) is 147 Å². The minimum Gasteiger partial charge on any atom is -0.508 e. The van der Waals surface area contributed by atoms with Crippen LogP contribution in [-0.2, 0) is 15.3 Å². The number of rotatable bonds is 6. The smallest absolute Gasteiger partial charge is 0.336 e. The number of nitrogens with one attached hydrogen (secondary N) is 2. The molecule has 1 aliphatic heterocycles. The molecular weight excluding hydrogens is 460 g/mol. The third-order valence-corrected chi connectivity index (χ3v) is 6.30. The number of non-ortho nitro benzene ring substituents is 1. The van der Waals surface area contributed by atoms with Crippen LogP contribution < -0.4 is 10.9 Å². The van der Waals surface area contributed by atoms with Gasteiger partial charge in [-0.25, -0.2) is 9.78 Å². The first kappa shape index (κ1) is 23.1. The summed E-state index contributed by atoms with van der Waals surface area (Å²) < 4.78 is 4.95. The fourth-order valence-corrected chi connectivity index (χ4v) is 4.60. The van der Waals surface area contributed by atoms with Gasteiger partial charge in [0.15, 0.2) is 5.16 Å². The highest BCUT2D eigenvalue weighted by atomic mass is 32.2. The number of hydrogen-bond donors (Lipinski definition) is 3. The first-order valence-electron chi connectivity index (χ1n) is 10.1. The molecule has 2 heterocycles. The summed E-state index contributed by atoms with van der Waals surface area (Å²) in [5.74, 6) is -0.661. The number of aromatic hydroxyl groups is 1. The quantitative estimate of drug-likeness (QED) is 0.158. The number of hydrogen-bond acceptors (Lipinski definition) is 9. The maximum atomic E-state index is 13.2. The van der Waals surface area contributed by atoms with Crippen molar-refractivity contribution < 1.29 is 19.6 Å². The Morgan fingerprint density at radius 2 is 2.00 bits per heavy atom. The molecule has 1 aliphatic rings. The summed E-state index contributed by atoms with van der Waals surface area (Å²) in [7, 11) is 1.26. The van der Waals surface area contributed by atoms with E-state index in [2.05, 4.69) is 15.3 Å². The molecule has 0 fully saturated rings. The van der Waals surface area contributed by atoms with E-state index in [1.807, 2.05) is 0 Å². The second kappa shape index (κ2) is 9.40. The molecule has 0 saturated heterocycles. The molecule has 1 atom stereocenters. The number of carbonyl (C=O) groups is 1. The van der Waals surface area contributed by atoms with Gasteiger partial charge in [-0.05, 0) is 30.2 Å². The molecule has 0 radical (unpaired) electrons. The highest BCUT2D eigenvalue weighted by Gasteiger charge is 2.36. The number of allylic oxidation sites excluding steroid dienone is 1. The van der Waals surface area contributed by atoms with Crippen LogP contribution in [0.1, 0.15) is 29.5 Å². The monoisotopic (exact) mass is 480 g/mol. The molecule has 0 bridgehead atoms. The lowest BCUT2D eigenvalue weighted by Gasteiger charge is -2.28. The highest BCUT2D eigenvalue weighted by molar-refractivity contribution is 7.98. The van der Waals surface area contributed by atoms with E-state index in [9.17, 15) is 24.8 Å². The average Bonchev–Trinajstić information content (AvgIpc) is 2.81. The largest absolute Gasteiger partial charge is 0.508 e. The van der Waals surface area contributed by atoms with Crippen molar-refractivity contribution in [2.45, 2.75) is 23.8 Å². The van der Waals surface area contributed by atoms with Crippen molar-refractivity contribution in [3.8, 4) is 5.75 Å².